The van der Waals surface area contributed by atoms with E-state index in [9.17, 15) is 10.2 Å². The molecule has 1 heterocycles. The molecule has 0 bridgehead atoms. The monoisotopic (exact) mass is 426 g/mol. The second-order valence-corrected chi connectivity index (χ2v) is 12.2. The Hall–Kier alpha value is -0.900. The SMILES string of the molecule is C=C(CCC(C)C1CCC2C3=C(C=CC21C)C1(C)CCC(O)CC12OC2C3O)C(C)C. The van der Waals surface area contributed by atoms with Crippen LogP contribution in [-0.4, -0.2) is 34.1 Å². The normalized spacial score (nSPS) is 48.7. The average Bonchev–Trinajstić information content (AvgIpc) is 3.34. The zero-order valence-electron chi connectivity index (χ0n) is 20.2. The van der Waals surface area contributed by atoms with Crippen LogP contribution in [0.15, 0.2) is 35.5 Å². The molecule has 2 saturated carbocycles. The molecule has 4 aliphatic carbocycles. The van der Waals surface area contributed by atoms with Crippen molar-refractivity contribution < 1.29 is 14.9 Å². The molecule has 3 nitrogen and oxygen atoms in total. The van der Waals surface area contributed by atoms with Crippen molar-refractivity contribution in [2.45, 2.75) is 103 Å². The molecule has 1 spiro atoms. The van der Waals surface area contributed by atoms with E-state index in [0.717, 1.165) is 25.7 Å². The van der Waals surface area contributed by atoms with Crippen LogP contribution in [0.1, 0.15) is 79.6 Å². The van der Waals surface area contributed by atoms with Gasteiger partial charge in [-0.1, -0.05) is 58.9 Å². The van der Waals surface area contributed by atoms with Gasteiger partial charge in [0.25, 0.3) is 0 Å². The number of epoxide rings is 1. The third kappa shape index (κ3) is 2.88. The van der Waals surface area contributed by atoms with Gasteiger partial charge in [0, 0.05) is 11.8 Å². The number of aliphatic hydroxyl groups excluding tert-OH is 2. The van der Waals surface area contributed by atoms with E-state index in [4.69, 9.17) is 4.74 Å². The Labute approximate surface area is 188 Å². The van der Waals surface area contributed by atoms with Crippen LogP contribution < -0.4 is 0 Å². The van der Waals surface area contributed by atoms with Gasteiger partial charge in [-0.05, 0) is 78.8 Å². The third-order valence-corrected chi connectivity index (χ3v) is 10.4. The van der Waals surface area contributed by atoms with Gasteiger partial charge in [0.1, 0.15) is 17.8 Å². The largest absolute Gasteiger partial charge is 0.393 e. The molecule has 3 heteroatoms. The minimum atomic E-state index is -0.516. The summed E-state index contributed by atoms with van der Waals surface area (Å²) < 4.78 is 6.29. The van der Waals surface area contributed by atoms with Crippen molar-refractivity contribution in [1.82, 2.24) is 0 Å². The Kier molecular flexibility index (Phi) is 4.98. The van der Waals surface area contributed by atoms with E-state index in [0.29, 0.717) is 30.1 Å². The van der Waals surface area contributed by atoms with Crippen molar-refractivity contribution in [2.24, 2.45) is 34.5 Å². The first-order valence-electron chi connectivity index (χ1n) is 12.7. The van der Waals surface area contributed by atoms with Crippen LogP contribution in [0.4, 0.5) is 0 Å². The summed E-state index contributed by atoms with van der Waals surface area (Å²) >= 11 is 0. The molecule has 5 rings (SSSR count). The molecular weight excluding hydrogens is 384 g/mol. The standard InChI is InChI=1S/C28H42O3/c1-16(2)17(3)7-8-18(4)20-9-10-21-23-22(12-13-26(20,21)5)27(6)14-11-19(29)15-28(27)25(31-28)24(23)30/h12-13,16,18-21,24-25,29-30H,3,7-11,14-15H2,1-2,4-6H3. The van der Waals surface area contributed by atoms with E-state index >= 15 is 0 Å². The Balaban J connectivity index is 1.43. The minimum absolute atomic E-state index is 0.0814. The number of aliphatic hydroxyl groups is 2. The zero-order valence-corrected chi connectivity index (χ0v) is 20.2. The van der Waals surface area contributed by atoms with Crippen LogP contribution in [-0.2, 0) is 4.74 Å². The summed E-state index contributed by atoms with van der Waals surface area (Å²) in [5, 5.41) is 21.8. The van der Waals surface area contributed by atoms with Crippen molar-refractivity contribution in [3.8, 4) is 0 Å². The zero-order chi connectivity index (χ0) is 22.3. The van der Waals surface area contributed by atoms with Crippen molar-refractivity contribution in [3.05, 3.63) is 35.5 Å². The molecule has 0 aromatic heterocycles. The predicted octanol–water partition coefficient (Wildman–Crippen LogP) is 5.58. The summed E-state index contributed by atoms with van der Waals surface area (Å²) in [4.78, 5) is 0. The first kappa shape index (κ1) is 21.9. The number of hydrogen-bond acceptors (Lipinski definition) is 3. The Morgan fingerprint density at radius 1 is 1.19 bits per heavy atom. The molecule has 1 saturated heterocycles. The predicted molar refractivity (Wildman–Crippen MR) is 124 cm³/mol. The molecule has 3 fully saturated rings. The highest BCUT2D eigenvalue weighted by atomic mass is 16.6. The van der Waals surface area contributed by atoms with Gasteiger partial charge in [-0.3, -0.25) is 0 Å². The molecular formula is C28H42O3. The number of ether oxygens (including phenoxy) is 1. The Morgan fingerprint density at radius 3 is 2.65 bits per heavy atom. The van der Waals surface area contributed by atoms with Crippen LogP contribution >= 0.6 is 0 Å². The van der Waals surface area contributed by atoms with E-state index in [1.807, 2.05) is 0 Å². The van der Waals surface area contributed by atoms with E-state index < -0.39 is 6.10 Å². The molecule has 1 aliphatic heterocycles. The summed E-state index contributed by atoms with van der Waals surface area (Å²) in [5.41, 5.74) is 3.66. The fourth-order valence-electron chi connectivity index (χ4n) is 8.16. The van der Waals surface area contributed by atoms with Gasteiger partial charge in [0.15, 0.2) is 0 Å². The third-order valence-electron chi connectivity index (χ3n) is 10.4. The smallest absolute Gasteiger partial charge is 0.118 e. The second-order valence-electron chi connectivity index (χ2n) is 12.2. The lowest BCUT2D eigenvalue weighted by Crippen LogP contribution is -2.54. The topological polar surface area (TPSA) is 53.0 Å². The molecule has 0 radical (unpaired) electrons. The van der Waals surface area contributed by atoms with Gasteiger partial charge in [-0.2, -0.15) is 0 Å². The number of allylic oxidation sites excluding steroid dienone is 3. The van der Waals surface area contributed by atoms with Crippen LogP contribution in [0, 0.1) is 34.5 Å². The molecule has 0 amide bonds. The summed E-state index contributed by atoms with van der Waals surface area (Å²) in [6.07, 6.45) is 11.1. The summed E-state index contributed by atoms with van der Waals surface area (Å²) in [7, 11) is 0. The van der Waals surface area contributed by atoms with Crippen molar-refractivity contribution in [3.63, 3.8) is 0 Å². The highest BCUT2D eigenvalue weighted by molar-refractivity contribution is 5.51. The Morgan fingerprint density at radius 2 is 1.94 bits per heavy atom. The lowest BCUT2D eigenvalue weighted by atomic mass is 9.51. The summed E-state index contributed by atoms with van der Waals surface area (Å²) in [6, 6.07) is 0. The van der Waals surface area contributed by atoms with Crippen molar-refractivity contribution >= 4 is 0 Å². The van der Waals surface area contributed by atoms with Gasteiger partial charge in [0.2, 0.25) is 0 Å². The van der Waals surface area contributed by atoms with Gasteiger partial charge in [0.05, 0.1) is 6.10 Å². The second kappa shape index (κ2) is 7.05. The van der Waals surface area contributed by atoms with E-state index in [1.165, 1.54) is 29.6 Å². The van der Waals surface area contributed by atoms with Crippen LogP contribution in [0.3, 0.4) is 0 Å². The number of hydrogen-bond donors (Lipinski definition) is 2. The molecule has 5 aliphatic rings. The van der Waals surface area contributed by atoms with Crippen molar-refractivity contribution in [1.29, 1.82) is 0 Å². The maximum Gasteiger partial charge on any atom is 0.118 e. The molecule has 9 unspecified atom stereocenters. The van der Waals surface area contributed by atoms with Crippen LogP contribution in [0.25, 0.3) is 0 Å². The van der Waals surface area contributed by atoms with Gasteiger partial charge in [-0.25, -0.2) is 0 Å². The molecule has 9 atom stereocenters. The van der Waals surface area contributed by atoms with Crippen LogP contribution in [0.5, 0.6) is 0 Å². The molecule has 31 heavy (non-hydrogen) atoms. The lowest BCUT2D eigenvalue weighted by Gasteiger charge is -2.52. The van der Waals surface area contributed by atoms with Gasteiger partial charge >= 0.3 is 0 Å². The molecule has 172 valence electrons. The van der Waals surface area contributed by atoms with Crippen LogP contribution in [0.2, 0.25) is 0 Å². The first-order chi connectivity index (χ1) is 14.5. The minimum Gasteiger partial charge on any atom is -0.393 e. The average molecular weight is 427 g/mol. The quantitative estimate of drug-likeness (QED) is 0.446. The van der Waals surface area contributed by atoms with Gasteiger partial charge < -0.3 is 14.9 Å². The number of fused-ring (bicyclic) bond motifs is 3. The molecule has 0 aromatic rings. The maximum absolute atomic E-state index is 11.5. The highest BCUT2D eigenvalue weighted by Gasteiger charge is 2.75. The fraction of sp³-hybridized carbons (Fsp3) is 0.786. The summed E-state index contributed by atoms with van der Waals surface area (Å²) in [5.74, 6) is 2.26. The fourth-order valence-corrected chi connectivity index (χ4v) is 8.16. The highest BCUT2D eigenvalue weighted by Crippen LogP contribution is 2.70. The first-order valence-corrected chi connectivity index (χ1v) is 12.7. The van der Waals surface area contributed by atoms with Gasteiger partial charge in [-0.15, -0.1) is 0 Å². The van der Waals surface area contributed by atoms with Crippen molar-refractivity contribution in [2.75, 3.05) is 0 Å². The lowest BCUT2D eigenvalue weighted by molar-refractivity contribution is 0.00963. The number of rotatable bonds is 5. The van der Waals surface area contributed by atoms with E-state index in [2.05, 4.69) is 53.3 Å². The molecule has 0 aromatic carbocycles. The maximum atomic E-state index is 11.5. The Bertz CT molecular complexity index is 839. The molecule has 2 N–H and O–H groups in total. The summed E-state index contributed by atoms with van der Waals surface area (Å²) in [6.45, 7) is 16.0. The van der Waals surface area contributed by atoms with E-state index in [-0.39, 0.29) is 28.6 Å². The van der Waals surface area contributed by atoms with E-state index in [1.54, 1.807) is 0 Å².